The van der Waals surface area contributed by atoms with E-state index >= 15 is 0 Å². The van der Waals surface area contributed by atoms with Crippen LogP contribution in [0.5, 0.6) is 0 Å². The molecule has 2 N–H and O–H groups in total. The maximum absolute atomic E-state index is 12.1. The van der Waals surface area contributed by atoms with Crippen molar-refractivity contribution in [2.75, 3.05) is 6.54 Å². The van der Waals surface area contributed by atoms with Crippen molar-refractivity contribution in [2.24, 2.45) is 10.7 Å². The number of carbonyl (C=O) groups excluding carboxylic acids is 1. The van der Waals surface area contributed by atoms with E-state index in [2.05, 4.69) is 9.98 Å². The van der Waals surface area contributed by atoms with Gasteiger partial charge in [-0.1, -0.05) is 41.4 Å². The minimum atomic E-state index is -1.04. The fraction of sp³-hybridized carbons (Fsp3) is 0.118. The first-order chi connectivity index (χ1) is 11.0. The van der Waals surface area contributed by atoms with Gasteiger partial charge in [-0.15, -0.1) is 0 Å². The van der Waals surface area contributed by atoms with E-state index in [1.54, 1.807) is 30.5 Å². The molecule has 1 aliphatic heterocycles. The number of dihydropyridines is 1. The topological polar surface area (TPSA) is 68.3 Å². The maximum atomic E-state index is 12.1. The van der Waals surface area contributed by atoms with Crippen LogP contribution < -0.4 is 5.73 Å². The SMILES string of the molecule is NC(=O)C1(c2ccc(Cl)c(-c3ccccn3)c2)C=CC(Cl)=NC1. The molecule has 2 heterocycles. The second kappa shape index (κ2) is 6.14. The summed E-state index contributed by atoms with van der Waals surface area (Å²) in [5.74, 6) is -0.490. The van der Waals surface area contributed by atoms with Crippen LogP contribution in [-0.4, -0.2) is 22.6 Å². The smallest absolute Gasteiger partial charge is 0.233 e. The number of hydrogen-bond donors (Lipinski definition) is 1. The third-order valence-electron chi connectivity index (χ3n) is 3.85. The highest BCUT2D eigenvalue weighted by molar-refractivity contribution is 6.68. The molecule has 1 unspecified atom stereocenters. The number of amides is 1. The molecule has 2 aromatic rings. The molecule has 6 heteroatoms. The number of aliphatic imine (C=N–C) groups is 1. The van der Waals surface area contributed by atoms with E-state index in [1.165, 1.54) is 0 Å². The number of halogens is 2. The van der Waals surface area contributed by atoms with Crippen LogP contribution in [-0.2, 0) is 10.2 Å². The van der Waals surface area contributed by atoms with Crippen LogP contribution in [0.25, 0.3) is 11.3 Å². The lowest BCUT2D eigenvalue weighted by atomic mass is 9.77. The maximum Gasteiger partial charge on any atom is 0.233 e. The normalized spacial score (nSPS) is 20.2. The first-order valence-corrected chi connectivity index (χ1v) is 7.69. The van der Waals surface area contributed by atoms with Gasteiger partial charge >= 0.3 is 0 Å². The first-order valence-electron chi connectivity index (χ1n) is 6.93. The van der Waals surface area contributed by atoms with Crippen molar-refractivity contribution in [3.05, 3.63) is 65.3 Å². The average Bonchev–Trinajstić information content (AvgIpc) is 2.57. The molecule has 0 aliphatic carbocycles. The van der Waals surface area contributed by atoms with Crippen molar-refractivity contribution >= 4 is 34.3 Å². The molecule has 1 aromatic heterocycles. The van der Waals surface area contributed by atoms with Crippen molar-refractivity contribution in [1.82, 2.24) is 4.98 Å². The van der Waals surface area contributed by atoms with Gasteiger partial charge in [-0.05, 0) is 35.9 Å². The standard InChI is InChI=1S/C17H13Cl2N3O/c18-13-5-4-11(9-12(13)14-3-1-2-8-21-14)17(16(20)23)7-6-15(19)22-10-17/h1-9H,10H2,(H2,20,23). The van der Waals surface area contributed by atoms with Crippen LogP contribution in [0.4, 0.5) is 0 Å². The van der Waals surface area contributed by atoms with Crippen LogP contribution in [0, 0.1) is 0 Å². The molecule has 1 atom stereocenters. The van der Waals surface area contributed by atoms with E-state index in [0.29, 0.717) is 15.8 Å². The summed E-state index contributed by atoms with van der Waals surface area (Å²) in [5.41, 5.74) is 6.79. The Balaban J connectivity index is 2.13. The number of rotatable bonds is 3. The highest BCUT2D eigenvalue weighted by atomic mass is 35.5. The Kier molecular flexibility index (Phi) is 4.20. The molecule has 23 heavy (non-hydrogen) atoms. The number of primary amides is 1. The Bertz CT molecular complexity index is 818. The van der Waals surface area contributed by atoms with Crippen LogP contribution in [0.2, 0.25) is 5.02 Å². The number of carbonyl (C=O) groups is 1. The number of aromatic nitrogens is 1. The van der Waals surface area contributed by atoms with Crippen LogP contribution in [0.1, 0.15) is 5.56 Å². The molecule has 0 bridgehead atoms. The van der Waals surface area contributed by atoms with Gasteiger partial charge in [0.25, 0.3) is 0 Å². The summed E-state index contributed by atoms with van der Waals surface area (Å²) in [7, 11) is 0. The van der Waals surface area contributed by atoms with Gasteiger partial charge in [0.15, 0.2) is 0 Å². The minimum absolute atomic E-state index is 0.168. The van der Waals surface area contributed by atoms with Gasteiger partial charge in [-0.3, -0.25) is 14.8 Å². The van der Waals surface area contributed by atoms with E-state index < -0.39 is 11.3 Å². The molecular weight excluding hydrogens is 333 g/mol. The Morgan fingerprint density at radius 3 is 2.65 bits per heavy atom. The zero-order valence-corrected chi connectivity index (χ0v) is 13.6. The van der Waals surface area contributed by atoms with E-state index in [4.69, 9.17) is 28.9 Å². The van der Waals surface area contributed by atoms with E-state index in [-0.39, 0.29) is 6.54 Å². The largest absolute Gasteiger partial charge is 0.369 e. The summed E-state index contributed by atoms with van der Waals surface area (Å²) >= 11 is 12.2. The van der Waals surface area contributed by atoms with Crippen molar-refractivity contribution in [3.63, 3.8) is 0 Å². The Morgan fingerprint density at radius 1 is 1.22 bits per heavy atom. The van der Waals surface area contributed by atoms with E-state index in [1.807, 2.05) is 24.3 Å². The third kappa shape index (κ3) is 2.87. The monoisotopic (exact) mass is 345 g/mol. The zero-order chi connectivity index (χ0) is 16.4. The summed E-state index contributed by atoms with van der Waals surface area (Å²) in [6.45, 7) is 0.168. The lowest BCUT2D eigenvalue weighted by molar-refractivity contribution is -0.121. The van der Waals surface area contributed by atoms with Crippen molar-refractivity contribution in [1.29, 1.82) is 0 Å². The van der Waals surface area contributed by atoms with Gasteiger partial charge < -0.3 is 5.73 Å². The van der Waals surface area contributed by atoms with Crippen molar-refractivity contribution < 1.29 is 4.79 Å². The molecule has 4 nitrogen and oxygen atoms in total. The first kappa shape index (κ1) is 15.7. The fourth-order valence-corrected chi connectivity index (χ4v) is 2.86. The summed E-state index contributed by atoms with van der Waals surface area (Å²) in [6, 6.07) is 10.9. The summed E-state index contributed by atoms with van der Waals surface area (Å²) in [6.07, 6.45) is 4.97. The van der Waals surface area contributed by atoms with Crippen LogP contribution >= 0.6 is 23.2 Å². The fourth-order valence-electron chi connectivity index (χ4n) is 2.53. The molecule has 1 aromatic carbocycles. The van der Waals surface area contributed by atoms with Gasteiger partial charge in [0.05, 0.1) is 12.2 Å². The van der Waals surface area contributed by atoms with Gasteiger partial charge in [0, 0.05) is 16.8 Å². The molecular formula is C17H13Cl2N3O. The van der Waals surface area contributed by atoms with Gasteiger partial charge in [-0.25, -0.2) is 0 Å². The third-order valence-corrected chi connectivity index (χ3v) is 4.42. The van der Waals surface area contributed by atoms with Gasteiger partial charge in [0.2, 0.25) is 5.91 Å². The molecule has 3 rings (SSSR count). The van der Waals surface area contributed by atoms with Gasteiger partial charge in [0.1, 0.15) is 10.6 Å². The molecule has 116 valence electrons. The highest BCUT2D eigenvalue weighted by Gasteiger charge is 2.38. The lowest BCUT2D eigenvalue weighted by Gasteiger charge is -2.28. The predicted octanol–water partition coefficient (Wildman–Crippen LogP) is 3.33. The number of nitrogens with zero attached hydrogens (tertiary/aromatic N) is 2. The number of allylic oxidation sites excluding steroid dienone is 1. The molecule has 1 amide bonds. The summed E-state index contributed by atoms with van der Waals surface area (Å²) in [4.78, 5) is 20.6. The second-order valence-corrected chi connectivity index (χ2v) is 6.01. The average molecular weight is 346 g/mol. The lowest BCUT2D eigenvalue weighted by Crippen LogP contribution is -2.43. The number of benzene rings is 1. The van der Waals surface area contributed by atoms with E-state index in [9.17, 15) is 4.79 Å². The minimum Gasteiger partial charge on any atom is -0.369 e. The number of nitrogens with two attached hydrogens (primary N) is 1. The van der Waals surface area contributed by atoms with E-state index in [0.717, 1.165) is 11.3 Å². The Hall–Kier alpha value is -2.17. The number of hydrogen-bond acceptors (Lipinski definition) is 3. The van der Waals surface area contributed by atoms with Crippen molar-refractivity contribution in [2.45, 2.75) is 5.41 Å². The van der Waals surface area contributed by atoms with Gasteiger partial charge in [-0.2, -0.15) is 0 Å². The molecule has 0 saturated heterocycles. The second-order valence-electron chi connectivity index (χ2n) is 5.22. The molecule has 0 spiro atoms. The van der Waals surface area contributed by atoms with Crippen molar-refractivity contribution in [3.8, 4) is 11.3 Å². The molecule has 0 fully saturated rings. The molecule has 1 aliphatic rings. The summed E-state index contributed by atoms with van der Waals surface area (Å²) in [5, 5.41) is 0.897. The highest BCUT2D eigenvalue weighted by Crippen LogP contribution is 2.35. The van der Waals surface area contributed by atoms with Crippen LogP contribution in [0.15, 0.2) is 59.7 Å². The molecule has 0 saturated carbocycles. The Labute approximate surface area is 143 Å². The summed E-state index contributed by atoms with van der Waals surface area (Å²) < 4.78 is 0. The zero-order valence-electron chi connectivity index (χ0n) is 12.0. The predicted molar refractivity (Wildman–Crippen MR) is 92.9 cm³/mol. The van der Waals surface area contributed by atoms with Crippen LogP contribution in [0.3, 0.4) is 0 Å². The number of pyridine rings is 1. The quantitative estimate of drug-likeness (QED) is 0.926. The molecule has 0 radical (unpaired) electrons. The Morgan fingerprint density at radius 2 is 2.04 bits per heavy atom.